The van der Waals surface area contributed by atoms with Crippen molar-refractivity contribution in [3.8, 4) is 0 Å². The largest absolute Gasteiger partial charge is 0.352 e. The summed E-state index contributed by atoms with van der Waals surface area (Å²) in [5.41, 5.74) is 0. The van der Waals surface area contributed by atoms with E-state index in [0.717, 1.165) is 0 Å². The molecule has 0 spiro atoms. The van der Waals surface area contributed by atoms with Crippen molar-refractivity contribution >= 4 is 0 Å². The van der Waals surface area contributed by atoms with Gasteiger partial charge in [0, 0.05) is 12.4 Å². The third-order valence-electron chi connectivity index (χ3n) is 1.01. The number of hydrogen-bond donors (Lipinski definition) is 0. The van der Waals surface area contributed by atoms with E-state index in [0.29, 0.717) is 6.54 Å². The summed E-state index contributed by atoms with van der Waals surface area (Å²) in [5.74, 6) is 0. The van der Waals surface area contributed by atoms with E-state index in [-0.39, 0.29) is 6.67 Å². The van der Waals surface area contributed by atoms with Gasteiger partial charge in [-0.2, -0.15) is 0 Å². The fourth-order valence-corrected chi connectivity index (χ4v) is 0.617. The van der Waals surface area contributed by atoms with Crippen LogP contribution >= 0.6 is 0 Å². The van der Waals surface area contributed by atoms with E-state index in [1.165, 1.54) is 0 Å². The highest BCUT2D eigenvalue weighted by Gasteiger charge is 1.83. The Morgan fingerprint density at radius 3 is 2.38 bits per heavy atom. The molecule has 0 aromatic carbocycles. The van der Waals surface area contributed by atoms with Gasteiger partial charge in [-0.1, -0.05) is 0 Å². The van der Waals surface area contributed by atoms with E-state index >= 15 is 0 Å². The second kappa shape index (κ2) is 2.50. The number of rotatable bonds is 2. The molecular weight excluding hydrogens is 105 g/mol. The Morgan fingerprint density at radius 1 is 1.25 bits per heavy atom. The molecule has 0 saturated heterocycles. The van der Waals surface area contributed by atoms with Gasteiger partial charge < -0.3 is 4.57 Å². The van der Waals surface area contributed by atoms with Gasteiger partial charge in [-0.25, -0.2) is 4.39 Å². The molecule has 0 saturated carbocycles. The van der Waals surface area contributed by atoms with Gasteiger partial charge in [0.2, 0.25) is 0 Å². The first-order valence-corrected chi connectivity index (χ1v) is 2.60. The first-order valence-electron chi connectivity index (χ1n) is 2.60. The lowest BCUT2D eigenvalue weighted by molar-refractivity contribution is 0.446. The second-order valence-corrected chi connectivity index (χ2v) is 1.61. The van der Waals surface area contributed by atoms with Crippen LogP contribution in [-0.2, 0) is 6.54 Å². The quantitative estimate of drug-likeness (QED) is 0.547. The predicted molar refractivity (Wildman–Crippen MR) is 30.4 cm³/mol. The van der Waals surface area contributed by atoms with Crippen molar-refractivity contribution in [3.63, 3.8) is 0 Å². The molecule has 0 aliphatic rings. The molecule has 44 valence electrons. The van der Waals surface area contributed by atoms with Crippen LogP contribution in [-0.4, -0.2) is 11.2 Å². The Balaban J connectivity index is 2.50. The summed E-state index contributed by atoms with van der Waals surface area (Å²) in [6.07, 6.45) is 3.69. The molecule has 0 amide bonds. The monoisotopic (exact) mass is 113 g/mol. The molecule has 8 heavy (non-hydrogen) atoms. The van der Waals surface area contributed by atoms with Crippen molar-refractivity contribution in [2.45, 2.75) is 6.54 Å². The number of halogens is 1. The van der Waals surface area contributed by atoms with E-state index in [9.17, 15) is 4.39 Å². The topological polar surface area (TPSA) is 4.93 Å². The molecule has 0 atom stereocenters. The van der Waals surface area contributed by atoms with Crippen LogP contribution in [0, 0.1) is 0 Å². The predicted octanol–water partition coefficient (Wildman–Crippen LogP) is 1.46. The van der Waals surface area contributed by atoms with Crippen LogP contribution in [0.15, 0.2) is 24.5 Å². The summed E-state index contributed by atoms with van der Waals surface area (Å²) in [6, 6.07) is 3.77. The highest BCUT2D eigenvalue weighted by Crippen LogP contribution is 1.88. The van der Waals surface area contributed by atoms with Crippen molar-refractivity contribution in [2.75, 3.05) is 6.67 Å². The van der Waals surface area contributed by atoms with Gasteiger partial charge in [0.05, 0.1) is 6.54 Å². The van der Waals surface area contributed by atoms with Crippen molar-refractivity contribution < 1.29 is 4.39 Å². The molecule has 0 aliphatic carbocycles. The first-order chi connectivity index (χ1) is 3.93. The van der Waals surface area contributed by atoms with Gasteiger partial charge in [0.25, 0.3) is 0 Å². The Kier molecular flexibility index (Phi) is 1.67. The average Bonchev–Trinajstić information content (AvgIpc) is 2.19. The minimum Gasteiger partial charge on any atom is -0.352 e. The summed E-state index contributed by atoms with van der Waals surface area (Å²) < 4.78 is 13.3. The standard InChI is InChI=1S/C6H8FN/c7-3-6-8-4-1-2-5-8/h1-2,4-5H,3,6H2. The van der Waals surface area contributed by atoms with E-state index in [1.54, 1.807) is 4.57 Å². The normalized spacial score (nSPS) is 9.62. The highest BCUT2D eigenvalue weighted by atomic mass is 19.1. The van der Waals surface area contributed by atoms with Crippen LogP contribution in [0.1, 0.15) is 0 Å². The van der Waals surface area contributed by atoms with Gasteiger partial charge in [-0.05, 0) is 12.1 Å². The molecule has 1 nitrogen and oxygen atoms in total. The van der Waals surface area contributed by atoms with Crippen molar-refractivity contribution in [3.05, 3.63) is 24.5 Å². The average molecular weight is 113 g/mol. The third-order valence-corrected chi connectivity index (χ3v) is 1.01. The fourth-order valence-electron chi connectivity index (χ4n) is 0.617. The fraction of sp³-hybridized carbons (Fsp3) is 0.333. The van der Waals surface area contributed by atoms with Gasteiger partial charge in [0.15, 0.2) is 0 Å². The first kappa shape index (κ1) is 5.35. The molecular formula is C6H8FN. The molecule has 0 unspecified atom stereocenters. The molecule has 1 rings (SSSR count). The zero-order valence-electron chi connectivity index (χ0n) is 4.55. The molecule has 1 aromatic rings. The van der Waals surface area contributed by atoms with Crippen LogP contribution in [0.4, 0.5) is 4.39 Å². The maximum absolute atomic E-state index is 11.5. The summed E-state index contributed by atoms with van der Waals surface area (Å²) in [4.78, 5) is 0. The summed E-state index contributed by atoms with van der Waals surface area (Å²) in [7, 11) is 0. The lowest BCUT2D eigenvalue weighted by Crippen LogP contribution is -1.93. The Labute approximate surface area is 47.7 Å². The maximum Gasteiger partial charge on any atom is 0.107 e. The number of aryl methyl sites for hydroxylation is 1. The van der Waals surface area contributed by atoms with Crippen LogP contribution in [0.5, 0.6) is 0 Å². The molecule has 0 N–H and O–H groups in total. The third kappa shape index (κ3) is 1.09. The Bertz CT molecular complexity index is 134. The van der Waals surface area contributed by atoms with Crippen molar-refractivity contribution in [2.24, 2.45) is 0 Å². The zero-order chi connectivity index (χ0) is 5.82. The van der Waals surface area contributed by atoms with Crippen molar-refractivity contribution in [1.82, 2.24) is 4.57 Å². The van der Waals surface area contributed by atoms with E-state index in [1.807, 2.05) is 24.5 Å². The molecule has 1 heterocycles. The summed E-state index contributed by atoms with van der Waals surface area (Å²) >= 11 is 0. The van der Waals surface area contributed by atoms with Crippen LogP contribution in [0.25, 0.3) is 0 Å². The number of alkyl halides is 1. The Hall–Kier alpha value is -0.790. The molecule has 0 fully saturated rings. The molecule has 0 bridgehead atoms. The zero-order valence-corrected chi connectivity index (χ0v) is 4.55. The summed E-state index contributed by atoms with van der Waals surface area (Å²) in [6.45, 7) is 0.196. The highest BCUT2D eigenvalue weighted by molar-refractivity contribution is 4.89. The minimum absolute atomic E-state index is 0.283. The number of aromatic nitrogens is 1. The summed E-state index contributed by atoms with van der Waals surface area (Å²) in [5, 5.41) is 0. The number of hydrogen-bond acceptors (Lipinski definition) is 0. The van der Waals surface area contributed by atoms with Gasteiger partial charge >= 0.3 is 0 Å². The van der Waals surface area contributed by atoms with Crippen LogP contribution in [0.2, 0.25) is 0 Å². The molecule has 1 aromatic heterocycles. The molecule has 2 heteroatoms. The number of nitrogens with zero attached hydrogens (tertiary/aromatic N) is 1. The van der Waals surface area contributed by atoms with E-state index in [2.05, 4.69) is 0 Å². The molecule has 0 radical (unpaired) electrons. The van der Waals surface area contributed by atoms with E-state index < -0.39 is 0 Å². The lowest BCUT2D eigenvalue weighted by atomic mass is 10.7. The maximum atomic E-state index is 11.5. The SMILES string of the molecule is FCCn1cccc1. The van der Waals surface area contributed by atoms with Crippen LogP contribution in [0.3, 0.4) is 0 Å². The minimum atomic E-state index is -0.283. The van der Waals surface area contributed by atoms with Gasteiger partial charge in [-0.15, -0.1) is 0 Å². The molecule has 0 aliphatic heterocycles. The van der Waals surface area contributed by atoms with Crippen molar-refractivity contribution in [1.29, 1.82) is 0 Å². The van der Waals surface area contributed by atoms with Gasteiger partial charge in [-0.3, -0.25) is 0 Å². The Morgan fingerprint density at radius 2 is 1.88 bits per heavy atom. The lowest BCUT2D eigenvalue weighted by Gasteiger charge is -1.92. The van der Waals surface area contributed by atoms with Crippen LogP contribution < -0.4 is 0 Å². The van der Waals surface area contributed by atoms with E-state index in [4.69, 9.17) is 0 Å². The van der Waals surface area contributed by atoms with Gasteiger partial charge in [0.1, 0.15) is 6.67 Å². The second-order valence-electron chi connectivity index (χ2n) is 1.61. The smallest absolute Gasteiger partial charge is 0.107 e.